The van der Waals surface area contributed by atoms with E-state index in [-0.39, 0.29) is 11.0 Å². The Bertz CT molecular complexity index is 794. The van der Waals surface area contributed by atoms with Gasteiger partial charge < -0.3 is 10.4 Å². The second-order valence-electron chi connectivity index (χ2n) is 6.98. The first-order valence-electron chi connectivity index (χ1n) is 8.81. The van der Waals surface area contributed by atoms with Crippen molar-refractivity contribution in [2.24, 2.45) is 0 Å². The van der Waals surface area contributed by atoms with Crippen LogP contribution in [0.1, 0.15) is 64.5 Å². The number of alkyl halides is 3. The van der Waals surface area contributed by atoms with Crippen molar-refractivity contribution in [2.75, 3.05) is 6.54 Å². The molecule has 0 radical (unpaired) electrons. The van der Waals surface area contributed by atoms with Crippen LogP contribution in [0.4, 0.5) is 13.2 Å². The second kappa shape index (κ2) is 7.59. The zero-order valence-corrected chi connectivity index (χ0v) is 15.7. The first-order valence-corrected chi connectivity index (χ1v) is 9.63. The van der Waals surface area contributed by atoms with Crippen molar-refractivity contribution in [1.29, 1.82) is 0 Å². The number of rotatable bonds is 5. The van der Waals surface area contributed by atoms with Gasteiger partial charge in [-0.2, -0.15) is 13.2 Å². The quantitative estimate of drug-likeness (QED) is 0.782. The molecule has 2 aromatic rings. The molecule has 4 nitrogen and oxygen atoms in total. The number of nitrogens with zero attached hydrogens (tertiary/aromatic N) is 1. The van der Waals surface area contributed by atoms with Crippen LogP contribution in [-0.4, -0.2) is 22.5 Å². The maximum absolute atomic E-state index is 12.6. The number of aromatic nitrogens is 1. The molecule has 1 aliphatic carbocycles. The van der Waals surface area contributed by atoms with E-state index in [2.05, 4.69) is 10.3 Å². The van der Waals surface area contributed by atoms with Crippen LogP contribution in [0.3, 0.4) is 0 Å². The van der Waals surface area contributed by atoms with Gasteiger partial charge in [-0.25, -0.2) is 0 Å². The molecule has 0 bridgehead atoms. The zero-order chi connectivity index (χ0) is 19.7. The normalized spacial score (nSPS) is 17.7. The summed E-state index contributed by atoms with van der Waals surface area (Å²) < 4.78 is 37.8. The molecule has 1 fully saturated rings. The molecule has 2 N–H and O–H groups in total. The molecule has 0 aliphatic heterocycles. The molecule has 0 spiro atoms. The highest BCUT2D eigenvalue weighted by Gasteiger charge is 2.37. The average Bonchev–Trinajstić information content (AvgIpc) is 3.29. The molecule has 27 heavy (non-hydrogen) atoms. The minimum atomic E-state index is -4.52. The summed E-state index contributed by atoms with van der Waals surface area (Å²) in [4.78, 5) is 17.7. The highest BCUT2D eigenvalue weighted by molar-refractivity contribution is 7.12. The van der Waals surface area contributed by atoms with Crippen molar-refractivity contribution < 1.29 is 23.1 Å². The number of aliphatic hydroxyl groups is 1. The lowest BCUT2D eigenvalue weighted by atomic mass is 9.84. The van der Waals surface area contributed by atoms with Crippen molar-refractivity contribution in [2.45, 2.75) is 50.3 Å². The lowest BCUT2D eigenvalue weighted by Gasteiger charge is -2.28. The summed E-state index contributed by atoms with van der Waals surface area (Å²) in [5.41, 5.74) is -1.10. The van der Waals surface area contributed by atoms with Crippen molar-refractivity contribution in [1.82, 2.24) is 10.3 Å². The van der Waals surface area contributed by atoms with Gasteiger partial charge in [0.25, 0.3) is 5.91 Å². The van der Waals surface area contributed by atoms with Gasteiger partial charge in [-0.3, -0.25) is 9.78 Å². The van der Waals surface area contributed by atoms with E-state index < -0.39 is 23.9 Å². The third-order valence-corrected chi connectivity index (χ3v) is 6.53. The number of pyridine rings is 1. The van der Waals surface area contributed by atoms with E-state index in [4.69, 9.17) is 0 Å². The van der Waals surface area contributed by atoms with Gasteiger partial charge in [-0.15, -0.1) is 11.3 Å². The maximum atomic E-state index is 12.6. The molecule has 2 aromatic heterocycles. The highest BCUT2D eigenvalue weighted by atomic mass is 32.1. The third kappa shape index (κ3) is 4.32. The molecule has 1 saturated carbocycles. The van der Waals surface area contributed by atoms with E-state index in [0.29, 0.717) is 6.54 Å². The topological polar surface area (TPSA) is 62.2 Å². The Hall–Kier alpha value is -1.93. The molecular formula is C19H21F3N2O2S. The minimum Gasteiger partial charge on any atom is -0.388 e. The second-order valence-corrected chi connectivity index (χ2v) is 8.09. The van der Waals surface area contributed by atoms with Crippen molar-refractivity contribution >= 4 is 17.2 Å². The summed E-state index contributed by atoms with van der Waals surface area (Å²) in [6.07, 6.45) is -0.134. The Labute approximate surface area is 159 Å². The van der Waals surface area contributed by atoms with Gasteiger partial charge >= 0.3 is 6.18 Å². The van der Waals surface area contributed by atoms with Gasteiger partial charge in [-0.1, -0.05) is 12.8 Å². The molecule has 0 aromatic carbocycles. The average molecular weight is 398 g/mol. The molecular weight excluding hydrogens is 377 g/mol. The van der Waals surface area contributed by atoms with E-state index in [0.717, 1.165) is 53.8 Å². The van der Waals surface area contributed by atoms with Crippen LogP contribution in [0, 0.1) is 0 Å². The Kier molecular flexibility index (Phi) is 5.58. The molecule has 2 heterocycles. The Morgan fingerprint density at radius 3 is 2.52 bits per heavy atom. The fourth-order valence-electron chi connectivity index (χ4n) is 3.47. The number of amides is 1. The number of aliphatic hydroxyl groups excluding tert-OH is 1. The number of carbonyl (C=O) groups excluding carboxylic acids is 1. The van der Waals surface area contributed by atoms with E-state index >= 15 is 0 Å². The van der Waals surface area contributed by atoms with Crippen molar-refractivity contribution in [3.05, 3.63) is 51.5 Å². The summed E-state index contributed by atoms with van der Waals surface area (Å²) >= 11 is 1.55. The molecule has 1 atom stereocenters. The molecule has 8 heteroatoms. The number of halogens is 3. The smallest absolute Gasteiger partial charge is 0.388 e. The fourth-order valence-corrected chi connectivity index (χ4v) is 4.66. The molecule has 1 amide bonds. The molecule has 3 rings (SSSR count). The first kappa shape index (κ1) is 19.8. The maximum Gasteiger partial charge on any atom is 0.433 e. The third-order valence-electron chi connectivity index (χ3n) is 5.03. The van der Waals surface area contributed by atoms with Crippen LogP contribution in [0.5, 0.6) is 0 Å². The summed E-state index contributed by atoms with van der Waals surface area (Å²) in [5.74, 6) is -0.435. The first-order chi connectivity index (χ1) is 12.7. The van der Waals surface area contributed by atoms with E-state index in [9.17, 15) is 23.1 Å². The predicted molar refractivity (Wildman–Crippen MR) is 96.7 cm³/mol. The van der Waals surface area contributed by atoms with Crippen molar-refractivity contribution in [3.63, 3.8) is 0 Å². The van der Waals surface area contributed by atoms with E-state index in [1.165, 1.54) is 0 Å². The van der Waals surface area contributed by atoms with Crippen LogP contribution in [0.2, 0.25) is 0 Å². The number of thiophene rings is 1. The van der Waals surface area contributed by atoms with Crippen LogP contribution in [0.15, 0.2) is 30.5 Å². The predicted octanol–water partition coefficient (Wildman–Crippen LogP) is 4.46. The SMILES string of the molecule is C[C@H](O)c1ccc(C2(CNC(=O)c3ccc(C(F)(F)F)nc3)CCCC2)s1. The summed E-state index contributed by atoms with van der Waals surface area (Å²) in [6.45, 7) is 2.13. The number of carbonyl (C=O) groups is 1. The lowest BCUT2D eigenvalue weighted by Crippen LogP contribution is -2.38. The van der Waals surface area contributed by atoms with Gasteiger partial charge in [0.05, 0.1) is 11.7 Å². The summed E-state index contributed by atoms with van der Waals surface area (Å²) in [6, 6.07) is 5.87. The van der Waals surface area contributed by atoms with Gasteiger partial charge in [0.1, 0.15) is 5.69 Å². The van der Waals surface area contributed by atoms with Crippen LogP contribution in [0.25, 0.3) is 0 Å². The minimum absolute atomic E-state index is 0.104. The highest BCUT2D eigenvalue weighted by Crippen LogP contribution is 2.44. The molecule has 0 saturated heterocycles. The van der Waals surface area contributed by atoms with Gasteiger partial charge in [0.15, 0.2) is 0 Å². The van der Waals surface area contributed by atoms with Gasteiger partial charge in [0.2, 0.25) is 0 Å². The number of hydrogen-bond donors (Lipinski definition) is 2. The lowest BCUT2D eigenvalue weighted by molar-refractivity contribution is -0.141. The van der Waals surface area contributed by atoms with Crippen LogP contribution >= 0.6 is 11.3 Å². The van der Waals surface area contributed by atoms with E-state index in [1.807, 2.05) is 12.1 Å². The molecule has 146 valence electrons. The van der Waals surface area contributed by atoms with Crippen LogP contribution < -0.4 is 5.32 Å². The fraction of sp³-hybridized carbons (Fsp3) is 0.474. The van der Waals surface area contributed by atoms with Crippen LogP contribution in [-0.2, 0) is 11.6 Å². The summed E-state index contributed by atoms with van der Waals surface area (Å²) in [5, 5.41) is 12.6. The number of hydrogen-bond acceptors (Lipinski definition) is 4. The van der Waals surface area contributed by atoms with Gasteiger partial charge in [0, 0.05) is 27.9 Å². The summed E-state index contributed by atoms with van der Waals surface area (Å²) in [7, 11) is 0. The van der Waals surface area contributed by atoms with Gasteiger partial charge in [-0.05, 0) is 44.0 Å². The Morgan fingerprint density at radius 1 is 1.30 bits per heavy atom. The van der Waals surface area contributed by atoms with Crippen molar-refractivity contribution in [3.8, 4) is 0 Å². The number of nitrogens with one attached hydrogen (secondary N) is 1. The van der Waals surface area contributed by atoms with E-state index in [1.54, 1.807) is 18.3 Å². The molecule has 0 unspecified atom stereocenters. The Balaban J connectivity index is 1.71. The largest absolute Gasteiger partial charge is 0.433 e. The monoisotopic (exact) mass is 398 g/mol. The Morgan fingerprint density at radius 2 is 2.00 bits per heavy atom. The zero-order valence-electron chi connectivity index (χ0n) is 14.8. The standard InChI is InChI=1S/C19H21F3N2O2S/c1-12(25)14-5-7-16(27-14)18(8-2-3-9-18)11-24-17(26)13-4-6-15(23-10-13)19(20,21)22/h4-7,10,12,25H,2-3,8-9,11H2,1H3,(H,24,26)/t12-/m0/s1. The molecule has 1 aliphatic rings.